The molecule has 0 fully saturated rings. The van der Waals surface area contributed by atoms with E-state index in [-0.39, 0.29) is 17.3 Å². The smallest absolute Gasteiger partial charge is 0.240 e. The van der Waals surface area contributed by atoms with Gasteiger partial charge in [-0.15, -0.1) is 0 Å². The van der Waals surface area contributed by atoms with Gasteiger partial charge in [-0.1, -0.05) is 0 Å². The Labute approximate surface area is 93.9 Å². The number of rotatable bonds is 4. The summed E-state index contributed by atoms with van der Waals surface area (Å²) in [6.07, 6.45) is 0. The van der Waals surface area contributed by atoms with E-state index in [1.807, 2.05) is 0 Å². The summed E-state index contributed by atoms with van der Waals surface area (Å²) in [6.45, 7) is -0.115. The molecule has 7 heteroatoms. The van der Waals surface area contributed by atoms with E-state index in [2.05, 4.69) is 10.0 Å². The lowest BCUT2D eigenvalue weighted by Crippen LogP contribution is -2.22. The Morgan fingerprint density at radius 2 is 1.88 bits per heavy atom. The van der Waals surface area contributed by atoms with Gasteiger partial charge in [0.05, 0.1) is 11.4 Å². The highest BCUT2D eigenvalue weighted by atomic mass is 32.2. The van der Waals surface area contributed by atoms with Crippen LogP contribution >= 0.6 is 0 Å². The molecule has 88 valence electrons. The van der Waals surface area contributed by atoms with Crippen molar-refractivity contribution in [2.24, 2.45) is 5.73 Å². The van der Waals surface area contributed by atoms with E-state index in [1.54, 1.807) is 0 Å². The predicted octanol–water partition coefficient (Wildman–Crippen LogP) is -0.508. The number of anilines is 1. The average molecular weight is 243 g/mol. The lowest BCUT2D eigenvalue weighted by Gasteiger charge is -2.05. The van der Waals surface area contributed by atoms with Gasteiger partial charge in [-0.3, -0.25) is 4.79 Å². The first-order valence-corrected chi connectivity index (χ1v) is 6.01. The molecule has 0 heterocycles. The molecule has 0 aliphatic heterocycles. The molecule has 0 bridgehead atoms. The number of amides is 1. The van der Waals surface area contributed by atoms with Crippen molar-refractivity contribution in [2.75, 3.05) is 18.9 Å². The molecule has 1 aromatic carbocycles. The number of benzene rings is 1. The van der Waals surface area contributed by atoms with E-state index < -0.39 is 10.0 Å². The first-order valence-electron chi connectivity index (χ1n) is 4.53. The second-order valence-electron chi connectivity index (χ2n) is 2.98. The number of carbonyl (C=O) groups excluding carboxylic acids is 1. The molecule has 0 radical (unpaired) electrons. The Balaban J connectivity index is 2.88. The summed E-state index contributed by atoms with van der Waals surface area (Å²) in [5.41, 5.74) is 5.63. The molecule has 0 aliphatic rings. The Bertz CT molecular complexity index is 467. The molecule has 1 rings (SSSR count). The van der Waals surface area contributed by atoms with Crippen LogP contribution in [0.1, 0.15) is 0 Å². The van der Waals surface area contributed by atoms with Crippen LogP contribution in [0.15, 0.2) is 29.2 Å². The summed E-state index contributed by atoms with van der Waals surface area (Å²) in [6, 6.07) is 5.80. The number of nitrogens with one attached hydrogen (secondary N) is 2. The number of hydrogen-bond donors (Lipinski definition) is 3. The van der Waals surface area contributed by atoms with E-state index in [9.17, 15) is 13.2 Å². The quantitative estimate of drug-likeness (QED) is 0.663. The maximum Gasteiger partial charge on any atom is 0.240 e. The van der Waals surface area contributed by atoms with Crippen molar-refractivity contribution in [3.63, 3.8) is 0 Å². The molecular formula is C9H13N3O3S. The molecule has 0 saturated heterocycles. The third-order valence-electron chi connectivity index (χ3n) is 1.90. The summed E-state index contributed by atoms with van der Waals surface area (Å²) in [5, 5.41) is 2.51. The molecule has 0 atom stereocenters. The maximum atomic E-state index is 11.4. The van der Waals surface area contributed by atoms with Crippen LogP contribution in [-0.4, -0.2) is 27.9 Å². The Hall–Kier alpha value is -1.44. The first-order chi connectivity index (χ1) is 7.49. The first kappa shape index (κ1) is 12.6. The summed E-state index contributed by atoms with van der Waals surface area (Å²) >= 11 is 0. The van der Waals surface area contributed by atoms with Crippen molar-refractivity contribution in [1.29, 1.82) is 0 Å². The van der Waals surface area contributed by atoms with Crippen LogP contribution in [-0.2, 0) is 14.8 Å². The van der Waals surface area contributed by atoms with Crippen LogP contribution in [0.5, 0.6) is 0 Å². The molecule has 0 saturated carbocycles. The van der Waals surface area contributed by atoms with Gasteiger partial charge in [0.1, 0.15) is 0 Å². The number of carbonyl (C=O) groups is 1. The summed E-state index contributed by atoms with van der Waals surface area (Å²) in [7, 11) is -2.10. The zero-order chi connectivity index (χ0) is 12.2. The number of nitrogens with two attached hydrogens (primary N) is 1. The average Bonchev–Trinajstić information content (AvgIpc) is 2.29. The van der Waals surface area contributed by atoms with Crippen LogP contribution in [0.25, 0.3) is 0 Å². The molecule has 1 aromatic rings. The van der Waals surface area contributed by atoms with E-state index in [1.165, 1.54) is 31.3 Å². The highest BCUT2D eigenvalue weighted by Crippen LogP contribution is 2.13. The predicted molar refractivity (Wildman–Crippen MR) is 60.4 cm³/mol. The van der Waals surface area contributed by atoms with Gasteiger partial charge in [-0.2, -0.15) is 0 Å². The minimum absolute atomic E-state index is 0.115. The van der Waals surface area contributed by atoms with Crippen LogP contribution in [0, 0.1) is 0 Å². The minimum Gasteiger partial charge on any atom is -0.325 e. The molecule has 0 aromatic heterocycles. The van der Waals surface area contributed by atoms with Crippen molar-refractivity contribution >= 4 is 21.6 Å². The second-order valence-corrected chi connectivity index (χ2v) is 4.87. The monoisotopic (exact) mass is 243 g/mol. The Morgan fingerprint density at radius 3 is 2.31 bits per heavy atom. The normalized spacial score (nSPS) is 11.1. The van der Waals surface area contributed by atoms with Gasteiger partial charge in [-0.05, 0) is 31.3 Å². The van der Waals surface area contributed by atoms with Crippen LogP contribution in [0.4, 0.5) is 5.69 Å². The van der Waals surface area contributed by atoms with Gasteiger partial charge >= 0.3 is 0 Å². The lowest BCUT2D eigenvalue weighted by atomic mass is 10.3. The summed E-state index contributed by atoms with van der Waals surface area (Å²) in [5.74, 6) is -0.329. The molecule has 16 heavy (non-hydrogen) atoms. The van der Waals surface area contributed by atoms with Crippen molar-refractivity contribution in [2.45, 2.75) is 4.90 Å². The fourth-order valence-corrected chi connectivity index (χ4v) is 1.78. The van der Waals surface area contributed by atoms with E-state index in [0.717, 1.165) is 0 Å². The summed E-state index contributed by atoms with van der Waals surface area (Å²) < 4.78 is 24.9. The minimum atomic E-state index is -3.44. The Kier molecular flexibility index (Phi) is 3.99. The van der Waals surface area contributed by atoms with E-state index in [4.69, 9.17) is 5.73 Å². The molecule has 0 unspecified atom stereocenters. The zero-order valence-corrected chi connectivity index (χ0v) is 9.54. The molecule has 1 amide bonds. The van der Waals surface area contributed by atoms with E-state index in [0.29, 0.717) is 5.69 Å². The fourth-order valence-electron chi connectivity index (χ4n) is 1.05. The van der Waals surface area contributed by atoms with Crippen LogP contribution in [0.3, 0.4) is 0 Å². The number of sulfonamides is 1. The highest BCUT2D eigenvalue weighted by Gasteiger charge is 2.10. The fraction of sp³-hybridized carbons (Fsp3) is 0.222. The third kappa shape index (κ3) is 3.02. The van der Waals surface area contributed by atoms with Crippen molar-refractivity contribution < 1.29 is 13.2 Å². The second kappa shape index (κ2) is 5.06. The molecule has 0 spiro atoms. The maximum absolute atomic E-state index is 11.4. The van der Waals surface area contributed by atoms with Gasteiger partial charge in [0.25, 0.3) is 0 Å². The van der Waals surface area contributed by atoms with Crippen LogP contribution in [0.2, 0.25) is 0 Å². The third-order valence-corrected chi connectivity index (χ3v) is 3.33. The topological polar surface area (TPSA) is 101 Å². The standard InChI is InChI=1S/C9H13N3O3S/c1-11-16(14,15)8-4-2-7(3-5-8)12-9(13)6-10/h2-5,11H,6,10H2,1H3,(H,12,13). The van der Waals surface area contributed by atoms with Gasteiger partial charge in [-0.25, -0.2) is 13.1 Å². The van der Waals surface area contributed by atoms with Crippen molar-refractivity contribution in [3.8, 4) is 0 Å². The van der Waals surface area contributed by atoms with E-state index >= 15 is 0 Å². The van der Waals surface area contributed by atoms with Crippen molar-refractivity contribution in [1.82, 2.24) is 4.72 Å². The number of hydrogen-bond acceptors (Lipinski definition) is 4. The molecule has 0 aliphatic carbocycles. The largest absolute Gasteiger partial charge is 0.325 e. The van der Waals surface area contributed by atoms with Crippen LogP contribution < -0.4 is 15.8 Å². The van der Waals surface area contributed by atoms with Gasteiger partial charge in [0.15, 0.2) is 0 Å². The highest BCUT2D eigenvalue weighted by molar-refractivity contribution is 7.89. The van der Waals surface area contributed by atoms with Crippen molar-refractivity contribution in [3.05, 3.63) is 24.3 Å². The SMILES string of the molecule is CNS(=O)(=O)c1ccc(NC(=O)CN)cc1. The molecule has 4 N–H and O–H groups in total. The Morgan fingerprint density at radius 1 is 1.31 bits per heavy atom. The van der Waals surface area contributed by atoms with Gasteiger partial charge in [0.2, 0.25) is 15.9 Å². The lowest BCUT2D eigenvalue weighted by molar-refractivity contribution is -0.114. The summed E-state index contributed by atoms with van der Waals surface area (Å²) in [4.78, 5) is 11.1. The molecular weight excluding hydrogens is 230 g/mol. The molecule has 6 nitrogen and oxygen atoms in total. The van der Waals surface area contributed by atoms with Gasteiger partial charge < -0.3 is 11.1 Å². The van der Waals surface area contributed by atoms with Gasteiger partial charge in [0, 0.05) is 5.69 Å². The zero-order valence-electron chi connectivity index (χ0n) is 8.73.